The van der Waals surface area contributed by atoms with Crippen molar-refractivity contribution < 1.29 is 9.47 Å². The van der Waals surface area contributed by atoms with Gasteiger partial charge in [-0.1, -0.05) is 30.1 Å². The highest BCUT2D eigenvalue weighted by Crippen LogP contribution is 2.31. The maximum atomic E-state index is 6.03. The van der Waals surface area contributed by atoms with Gasteiger partial charge in [-0.3, -0.25) is 0 Å². The summed E-state index contributed by atoms with van der Waals surface area (Å²) < 4.78 is 10.6. The van der Waals surface area contributed by atoms with Gasteiger partial charge in [0.2, 0.25) is 5.88 Å². The van der Waals surface area contributed by atoms with Gasteiger partial charge in [-0.25, -0.2) is 0 Å². The number of halogens is 2. The molecule has 0 aromatic carbocycles. The standard InChI is InChI=1S/C11H14Cl2N2O2/c1-2-3-14-10-8(12)4-9(13)11(15-10)17-7-5-16-6-7/h4,7H,2-3,5-6H2,1H3,(H,14,15). The lowest BCUT2D eigenvalue weighted by molar-refractivity contribution is -0.0812. The molecule has 6 heteroatoms. The van der Waals surface area contributed by atoms with E-state index in [2.05, 4.69) is 17.2 Å². The fourth-order valence-electron chi connectivity index (χ4n) is 1.34. The lowest BCUT2D eigenvalue weighted by atomic mass is 10.3. The van der Waals surface area contributed by atoms with Crippen molar-refractivity contribution in [3.63, 3.8) is 0 Å². The van der Waals surface area contributed by atoms with Crippen molar-refractivity contribution in [2.45, 2.75) is 19.4 Å². The Kier molecular flexibility index (Phi) is 4.31. The number of nitrogens with zero attached hydrogens (tertiary/aromatic N) is 1. The Morgan fingerprint density at radius 1 is 1.47 bits per heavy atom. The van der Waals surface area contributed by atoms with E-state index < -0.39 is 0 Å². The molecule has 4 nitrogen and oxygen atoms in total. The Morgan fingerprint density at radius 2 is 2.24 bits per heavy atom. The smallest absolute Gasteiger partial charge is 0.235 e. The SMILES string of the molecule is CCCNc1nc(OC2COC2)c(Cl)cc1Cl. The van der Waals surface area contributed by atoms with E-state index in [0.717, 1.165) is 13.0 Å². The monoisotopic (exact) mass is 276 g/mol. The number of rotatable bonds is 5. The average Bonchev–Trinajstić information content (AvgIpc) is 2.24. The van der Waals surface area contributed by atoms with E-state index in [0.29, 0.717) is 35.0 Å². The molecule has 1 aromatic heterocycles. The Bertz CT molecular complexity index is 397. The fraction of sp³-hybridized carbons (Fsp3) is 0.545. The van der Waals surface area contributed by atoms with E-state index in [1.165, 1.54) is 0 Å². The van der Waals surface area contributed by atoms with Crippen LogP contribution in [0.25, 0.3) is 0 Å². The van der Waals surface area contributed by atoms with Crippen LogP contribution in [0.15, 0.2) is 6.07 Å². The Labute approximate surface area is 110 Å². The molecule has 0 aliphatic carbocycles. The molecule has 2 heterocycles. The molecule has 0 atom stereocenters. The average molecular weight is 277 g/mol. The quantitative estimate of drug-likeness (QED) is 0.898. The zero-order valence-corrected chi connectivity index (χ0v) is 11.0. The summed E-state index contributed by atoms with van der Waals surface area (Å²) in [6, 6.07) is 1.64. The van der Waals surface area contributed by atoms with Gasteiger partial charge >= 0.3 is 0 Å². The number of anilines is 1. The Balaban J connectivity index is 2.12. The third-order valence-corrected chi connectivity index (χ3v) is 2.88. The van der Waals surface area contributed by atoms with Gasteiger partial charge in [0, 0.05) is 6.54 Å². The highest BCUT2D eigenvalue weighted by molar-refractivity contribution is 6.36. The minimum absolute atomic E-state index is 0.0419. The molecule has 0 unspecified atom stereocenters. The molecule has 1 fully saturated rings. The first-order valence-corrected chi connectivity index (χ1v) is 6.30. The first-order chi connectivity index (χ1) is 8.20. The zero-order chi connectivity index (χ0) is 12.3. The molecule has 0 bridgehead atoms. The van der Waals surface area contributed by atoms with Gasteiger partial charge in [-0.2, -0.15) is 4.98 Å². The molecule has 1 aliphatic rings. The van der Waals surface area contributed by atoms with E-state index in [1.807, 2.05) is 0 Å². The van der Waals surface area contributed by atoms with Crippen LogP contribution < -0.4 is 10.1 Å². The van der Waals surface area contributed by atoms with E-state index in [1.54, 1.807) is 6.07 Å². The van der Waals surface area contributed by atoms with Gasteiger partial charge in [0.1, 0.15) is 16.9 Å². The first kappa shape index (κ1) is 12.7. The number of ether oxygens (including phenoxy) is 2. The Morgan fingerprint density at radius 3 is 2.82 bits per heavy atom. The van der Waals surface area contributed by atoms with Crippen molar-refractivity contribution in [1.29, 1.82) is 0 Å². The molecule has 1 aromatic rings. The van der Waals surface area contributed by atoms with E-state index >= 15 is 0 Å². The molecule has 1 N–H and O–H groups in total. The van der Waals surface area contributed by atoms with E-state index in [4.69, 9.17) is 32.7 Å². The van der Waals surface area contributed by atoms with Gasteiger partial charge in [0.25, 0.3) is 0 Å². The number of hydrogen-bond acceptors (Lipinski definition) is 4. The van der Waals surface area contributed by atoms with Crippen LogP contribution in [-0.2, 0) is 4.74 Å². The van der Waals surface area contributed by atoms with Crippen LogP contribution in [0, 0.1) is 0 Å². The maximum Gasteiger partial charge on any atom is 0.235 e. The van der Waals surface area contributed by atoms with Crippen LogP contribution in [0.2, 0.25) is 10.0 Å². The second-order valence-electron chi connectivity index (χ2n) is 3.81. The summed E-state index contributed by atoms with van der Waals surface area (Å²) in [5.41, 5.74) is 0. The maximum absolute atomic E-state index is 6.03. The van der Waals surface area contributed by atoms with Crippen molar-refractivity contribution in [2.75, 3.05) is 25.1 Å². The number of hydrogen-bond donors (Lipinski definition) is 1. The topological polar surface area (TPSA) is 43.4 Å². The number of pyridine rings is 1. The summed E-state index contributed by atoms with van der Waals surface area (Å²) in [7, 11) is 0. The number of aromatic nitrogens is 1. The molecule has 1 saturated heterocycles. The lowest BCUT2D eigenvalue weighted by Crippen LogP contribution is -2.38. The number of nitrogens with one attached hydrogen (secondary N) is 1. The van der Waals surface area contributed by atoms with Gasteiger partial charge in [-0.05, 0) is 12.5 Å². The Hall–Kier alpha value is -0.710. The van der Waals surface area contributed by atoms with Crippen LogP contribution in [0.3, 0.4) is 0 Å². The molecule has 17 heavy (non-hydrogen) atoms. The van der Waals surface area contributed by atoms with Crippen LogP contribution in [0.4, 0.5) is 5.82 Å². The van der Waals surface area contributed by atoms with Crippen LogP contribution in [0.1, 0.15) is 13.3 Å². The largest absolute Gasteiger partial charge is 0.468 e. The minimum atomic E-state index is 0.0419. The predicted molar refractivity (Wildman–Crippen MR) is 68.3 cm³/mol. The highest BCUT2D eigenvalue weighted by Gasteiger charge is 2.22. The van der Waals surface area contributed by atoms with Crippen molar-refractivity contribution >= 4 is 29.0 Å². The minimum Gasteiger partial charge on any atom is -0.468 e. The molecule has 94 valence electrons. The third kappa shape index (κ3) is 3.15. The second-order valence-corrected chi connectivity index (χ2v) is 4.62. The van der Waals surface area contributed by atoms with E-state index in [9.17, 15) is 0 Å². The zero-order valence-electron chi connectivity index (χ0n) is 9.50. The second kappa shape index (κ2) is 5.76. The van der Waals surface area contributed by atoms with Gasteiger partial charge in [-0.15, -0.1) is 0 Å². The third-order valence-electron chi connectivity index (χ3n) is 2.33. The van der Waals surface area contributed by atoms with Crippen LogP contribution >= 0.6 is 23.2 Å². The molecule has 1 aliphatic heterocycles. The lowest BCUT2D eigenvalue weighted by Gasteiger charge is -2.26. The first-order valence-electron chi connectivity index (χ1n) is 5.55. The molecule has 0 spiro atoms. The summed E-state index contributed by atoms with van der Waals surface area (Å²) >= 11 is 12.1. The normalized spacial score (nSPS) is 15.5. The molecule has 0 amide bonds. The van der Waals surface area contributed by atoms with E-state index in [-0.39, 0.29) is 6.10 Å². The summed E-state index contributed by atoms with van der Waals surface area (Å²) in [6.07, 6.45) is 1.04. The van der Waals surface area contributed by atoms with Crippen molar-refractivity contribution in [1.82, 2.24) is 4.98 Å². The highest BCUT2D eigenvalue weighted by atomic mass is 35.5. The molecular weight excluding hydrogens is 263 g/mol. The molecule has 0 radical (unpaired) electrons. The van der Waals surface area contributed by atoms with Crippen molar-refractivity contribution in [2.24, 2.45) is 0 Å². The molecule has 2 rings (SSSR count). The van der Waals surface area contributed by atoms with Crippen LogP contribution in [0.5, 0.6) is 5.88 Å². The fourth-order valence-corrected chi connectivity index (χ4v) is 1.81. The van der Waals surface area contributed by atoms with Gasteiger partial charge in [0.15, 0.2) is 0 Å². The molecule has 0 saturated carbocycles. The van der Waals surface area contributed by atoms with Crippen molar-refractivity contribution in [3.8, 4) is 5.88 Å². The van der Waals surface area contributed by atoms with Crippen LogP contribution in [-0.4, -0.2) is 30.8 Å². The van der Waals surface area contributed by atoms with Gasteiger partial charge in [0.05, 0.1) is 18.2 Å². The molecular formula is C11H14Cl2N2O2. The van der Waals surface area contributed by atoms with Crippen molar-refractivity contribution in [3.05, 3.63) is 16.1 Å². The summed E-state index contributed by atoms with van der Waals surface area (Å²) in [6.45, 7) is 4.04. The summed E-state index contributed by atoms with van der Waals surface area (Å²) in [5.74, 6) is 1.01. The summed E-state index contributed by atoms with van der Waals surface area (Å²) in [4.78, 5) is 4.28. The predicted octanol–water partition coefficient (Wildman–Crippen LogP) is 2.99. The summed E-state index contributed by atoms with van der Waals surface area (Å²) in [5, 5.41) is 4.05. The van der Waals surface area contributed by atoms with Gasteiger partial charge < -0.3 is 14.8 Å².